The summed E-state index contributed by atoms with van der Waals surface area (Å²) in [5, 5.41) is 2.58. The second-order valence-electron chi connectivity index (χ2n) is 11.4. The van der Waals surface area contributed by atoms with Crippen molar-refractivity contribution >= 4 is 46.5 Å². The van der Waals surface area contributed by atoms with Crippen LogP contribution in [0.2, 0.25) is 0 Å². The summed E-state index contributed by atoms with van der Waals surface area (Å²) in [6.45, 7) is 6.35. The molecule has 238 valence electrons. The molecule has 0 aromatic heterocycles. The van der Waals surface area contributed by atoms with Crippen LogP contribution in [0.15, 0.2) is 121 Å². The van der Waals surface area contributed by atoms with Gasteiger partial charge in [-0.15, -0.1) is 11.3 Å². The standard InChI is InChI=1S/C16H16NS.C16H19N.C7H8.3ClH.Zn/c1-11-4-5-12-9-13-6-7-14(17(2)3)10-16(13)18-15(12)8-11;1-13-4-6-14(7-5-13)12-15-8-10-16(11-9-15)17(2)3;1-7-5-3-2-4-6-7;;;;/h4-10H,1-3H3;4-11H,12H2,1-3H3;2-6H,1H3;3*1H;/q+1;;;;;;+2/p-3. The first kappa shape index (κ1) is 39.5. The third kappa shape index (κ3) is 13.2. The Morgan fingerprint density at radius 1 is 0.652 bits per heavy atom. The normalized spacial score (nSPS) is 9.67. The number of halogens is 3. The van der Waals surface area contributed by atoms with Crippen LogP contribution in [0.3, 0.4) is 0 Å². The molecule has 6 rings (SSSR count). The number of nitrogens with zero attached hydrogens (tertiary/aromatic N) is 2. The van der Waals surface area contributed by atoms with Gasteiger partial charge in [0.05, 0.1) is 0 Å². The van der Waals surface area contributed by atoms with Crippen molar-refractivity contribution in [3.63, 3.8) is 0 Å². The Balaban J connectivity index is 0.000000245. The van der Waals surface area contributed by atoms with Gasteiger partial charge in [-0.05, 0) is 85.2 Å². The van der Waals surface area contributed by atoms with E-state index in [0.717, 1.165) is 6.42 Å². The molecule has 0 N–H and O–H groups in total. The summed E-state index contributed by atoms with van der Waals surface area (Å²) in [6, 6.07) is 43.3. The van der Waals surface area contributed by atoms with Crippen molar-refractivity contribution in [2.24, 2.45) is 0 Å². The quantitative estimate of drug-likeness (QED) is 0.104. The van der Waals surface area contributed by atoms with Crippen molar-refractivity contribution in [2.45, 2.75) is 27.2 Å². The van der Waals surface area contributed by atoms with E-state index in [0.29, 0.717) is 0 Å². The van der Waals surface area contributed by atoms with Crippen LogP contribution in [0.5, 0.6) is 0 Å². The molecule has 1 heterocycles. The van der Waals surface area contributed by atoms with Crippen LogP contribution in [-0.4, -0.2) is 28.2 Å². The van der Waals surface area contributed by atoms with E-state index in [9.17, 15) is 0 Å². The minimum absolute atomic E-state index is 0. The van der Waals surface area contributed by atoms with E-state index in [-0.39, 0.29) is 12.4 Å². The van der Waals surface area contributed by atoms with Crippen LogP contribution in [-0.2, 0) is 21.6 Å². The topological polar surface area (TPSA) is 6.25 Å². The Labute approximate surface area is 301 Å². The molecule has 0 bridgehead atoms. The molecule has 4 aromatic rings. The second-order valence-corrected chi connectivity index (χ2v) is 17.1. The molecule has 0 spiro atoms. The maximum atomic E-state index is 4.95. The molecule has 0 radical (unpaired) electrons. The fourth-order valence-corrected chi connectivity index (χ4v) is 5.68. The van der Waals surface area contributed by atoms with Crippen molar-refractivity contribution < 1.29 is 27.6 Å². The summed E-state index contributed by atoms with van der Waals surface area (Å²) in [7, 11) is 18.2. The summed E-state index contributed by atoms with van der Waals surface area (Å²) < 4.78 is 3.51. The predicted molar refractivity (Wildman–Crippen MR) is 198 cm³/mol. The number of hydrogen-bond acceptors (Lipinski definition) is 2. The average molecular weight is 744 g/mol. The summed E-state index contributed by atoms with van der Waals surface area (Å²) in [6.07, 6.45) is 1.01. The van der Waals surface area contributed by atoms with Crippen molar-refractivity contribution in [3.05, 3.63) is 155 Å². The molecule has 0 amide bonds. The van der Waals surface area contributed by atoms with E-state index in [4.69, 9.17) is 19.4 Å². The monoisotopic (exact) mass is 740 g/mol. The molecular weight excluding hydrogens is 700 g/mol. The summed E-state index contributed by atoms with van der Waals surface area (Å²) in [5.74, 6) is 0. The van der Waals surface area contributed by atoms with E-state index in [1.807, 2.05) is 29.5 Å². The third-order valence-electron chi connectivity index (χ3n) is 7.14. The molecular formula is C39H43Cl3N2SZn. The first-order chi connectivity index (χ1) is 21.6. The third-order valence-corrected chi connectivity index (χ3v) is 8.28. The number of rotatable bonds is 3. The zero-order valence-electron chi connectivity index (χ0n) is 27.9. The first-order valence-electron chi connectivity index (χ1n) is 15.0. The van der Waals surface area contributed by atoms with Crippen LogP contribution in [0.25, 0.3) is 20.5 Å². The van der Waals surface area contributed by atoms with Gasteiger partial charge < -0.3 is 17.3 Å². The molecule has 4 aromatic carbocycles. The second kappa shape index (κ2) is 20.5. The molecule has 0 saturated heterocycles. The van der Waals surface area contributed by atoms with E-state index in [1.54, 1.807) is 0 Å². The Bertz CT molecular complexity index is 1780. The van der Waals surface area contributed by atoms with Gasteiger partial charge in [-0.25, -0.2) is 4.58 Å². The molecule has 1 aliphatic heterocycles. The first-order valence-corrected chi connectivity index (χ1v) is 23.6. The van der Waals surface area contributed by atoms with Gasteiger partial charge in [0.1, 0.15) is 14.1 Å². The van der Waals surface area contributed by atoms with Gasteiger partial charge in [0.15, 0.2) is 0 Å². The van der Waals surface area contributed by atoms with E-state index >= 15 is 0 Å². The molecule has 0 saturated carbocycles. The Kier molecular flexibility index (Phi) is 17.6. The number of fused-ring (bicyclic) bond motifs is 2. The van der Waals surface area contributed by atoms with Gasteiger partial charge in [0, 0.05) is 41.5 Å². The van der Waals surface area contributed by atoms with Crippen molar-refractivity contribution in [2.75, 3.05) is 33.1 Å². The molecule has 0 unspecified atom stereocenters. The molecule has 46 heavy (non-hydrogen) atoms. The van der Waals surface area contributed by atoms with Gasteiger partial charge >= 0.3 is 34.5 Å². The predicted octanol–water partition coefficient (Wildman–Crippen LogP) is 7.37. The van der Waals surface area contributed by atoms with Gasteiger partial charge in [-0.1, -0.05) is 90.0 Å². The van der Waals surface area contributed by atoms with E-state index < -0.39 is 15.1 Å². The van der Waals surface area contributed by atoms with Crippen LogP contribution in [0.1, 0.15) is 27.8 Å². The number of anilines is 1. The van der Waals surface area contributed by atoms with E-state index in [1.165, 1.54) is 59.4 Å². The van der Waals surface area contributed by atoms with Crippen LogP contribution in [0.4, 0.5) is 5.69 Å². The maximum absolute atomic E-state index is 4.95. The molecule has 0 atom stereocenters. The molecule has 2 nitrogen and oxygen atoms in total. The van der Waals surface area contributed by atoms with Crippen molar-refractivity contribution in [1.82, 2.24) is 4.58 Å². The number of benzene rings is 5. The zero-order chi connectivity index (χ0) is 32.8. The van der Waals surface area contributed by atoms with Gasteiger partial charge in [-0.2, -0.15) is 0 Å². The average Bonchev–Trinajstić information content (AvgIpc) is 3.02. The van der Waals surface area contributed by atoms with Gasteiger partial charge in [0.2, 0.25) is 5.36 Å². The summed E-state index contributed by atoms with van der Waals surface area (Å²) in [4.78, 5) is 3.47. The van der Waals surface area contributed by atoms with E-state index in [2.05, 4.69) is 162 Å². The molecule has 1 aliphatic carbocycles. The number of hydrogen-bond donors (Lipinski definition) is 0. The molecule has 7 heteroatoms. The SMILES string of the molecule is Cc1ccc(Cc2ccc(N(C)C)cc2)cc1.Cc1ccc2cc3ccc(=[N+](C)C)cc-3sc2c1.Cc1ccccc1.[Cl-].[Cl][Zn][Cl]. The minimum atomic E-state index is -0.931. The summed E-state index contributed by atoms with van der Waals surface area (Å²) in [5.41, 5.74) is 9.26. The fourth-order valence-electron chi connectivity index (χ4n) is 4.53. The van der Waals surface area contributed by atoms with Crippen LogP contribution < -0.4 is 27.2 Å². The Morgan fingerprint density at radius 2 is 1.20 bits per heavy atom. The van der Waals surface area contributed by atoms with Gasteiger partial charge in [0.25, 0.3) is 0 Å². The molecule has 2 aliphatic rings. The zero-order valence-corrected chi connectivity index (χ0v) is 33.9. The van der Waals surface area contributed by atoms with Crippen molar-refractivity contribution in [1.29, 1.82) is 0 Å². The van der Waals surface area contributed by atoms with Crippen LogP contribution in [0, 0.1) is 20.8 Å². The fraction of sp³-hybridized carbons (Fsp3) is 0.205. The van der Waals surface area contributed by atoms with Crippen LogP contribution >= 0.6 is 30.7 Å². The Morgan fingerprint density at radius 3 is 1.72 bits per heavy atom. The van der Waals surface area contributed by atoms with Gasteiger partial charge in [-0.3, -0.25) is 0 Å². The summed E-state index contributed by atoms with van der Waals surface area (Å²) >= 11 is 0.940. The molecule has 0 fully saturated rings. The Hall–Kier alpha value is -2.72. The number of aryl methyl sites for hydroxylation is 3. The van der Waals surface area contributed by atoms with Crippen molar-refractivity contribution in [3.8, 4) is 10.4 Å².